The highest BCUT2D eigenvalue weighted by Gasteiger charge is 2.17. The van der Waals surface area contributed by atoms with Crippen molar-refractivity contribution in [1.82, 2.24) is 5.32 Å². The van der Waals surface area contributed by atoms with E-state index in [0.29, 0.717) is 6.42 Å². The molecule has 0 aromatic heterocycles. The minimum Gasteiger partial charge on any atom is -0.394 e. The van der Waals surface area contributed by atoms with Crippen molar-refractivity contribution >= 4 is 5.91 Å². The Morgan fingerprint density at radius 1 is 0.500 bits per heavy atom. The summed E-state index contributed by atoms with van der Waals surface area (Å²) in [6.07, 6.45) is 47.4. The van der Waals surface area contributed by atoms with Gasteiger partial charge in [-0.3, -0.25) is 4.79 Å². The SMILES string of the molecule is CCCCCCCCCCCCCCCCCCC/C=C/[C@H](O)C(CO)NC(=O)CCCCCCCCCCCCCCCCC. The number of carbonyl (C=O) groups excluding carboxylic acids is 1. The second kappa shape index (κ2) is 38.6. The highest BCUT2D eigenvalue weighted by Crippen LogP contribution is 2.16. The van der Waals surface area contributed by atoms with E-state index in [4.69, 9.17) is 0 Å². The largest absolute Gasteiger partial charge is 0.394 e. The fraction of sp³-hybridized carbons (Fsp3) is 0.929. The van der Waals surface area contributed by atoms with Crippen LogP contribution < -0.4 is 5.32 Å². The Balaban J connectivity index is 3.55. The van der Waals surface area contributed by atoms with Gasteiger partial charge in [0.25, 0.3) is 0 Å². The fourth-order valence-electron chi connectivity index (χ4n) is 6.53. The summed E-state index contributed by atoms with van der Waals surface area (Å²) in [6.45, 7) is 4.32. The maximum absolute atomic E-state index is 12.3. The van der Waals surface area contributed by atoms with Crippen LogP contribution in [0, 0.1) is 0 Å². The van der Waals surface area contributed by atoms with E-state index in [1.807, 2.05) is 6.08 Å². The molecule has 0 fully saturated rings. The zero-order chi connectivity index (χ0) is 33.6. The first kappa shape index (κ1) is 45.1. The molecule has 1 amide bonds. The van der Waals surface area contributed by atoms with Crippen molar-refractivity contribution in [3.63, 3.8) is 0 Å². The summed E-state index contributed by atoms with van der Waals surface area (Å²) >= 11 is 0. The fourth-order valence-corrected chi connectivity index (χ4v) is 6.53. The van der Waals surface area contributed by atoms with Crippen molar-refractivity contribution in [3.05, 3.63) is 12.2 Å². The molecule has 0 saturated heterocycles. The van der Waals surface area contributed by atoms with E-state index < -0.39 is 12.1 Å². The van der Waals surface area contributed by atoms with Crippen molar-refractivity contribution in [2.75, 3.05) is 6.61 Å². The summed E-state index contributed by atoms with van der Waals surface area (Å²) in [6, 6.07) is -0.615. The predicted octanol–water partition coefficient (Wildman–Crippen LogP) is 12.7. The van der Waals surface area contributed by atoms with Crippen LogP contribution in [-0.2, 0) is 4.79 Å². The second-order valence-corrected chi connectivity index (χ2v) is 14.4. The number of allylic oxidation sites excluding steroid dienone is 1. The van der Waals surface area contributed by atoms with E-state index in [0.717, 1.165) is 25.7 Å². The third-order valence-corrected chi connectivity index (χ3v) is 9.77. The molecule has 3 N–H and O–H groups in total. The van der Waals surface area contributed by atoms with Gasteiger partial charge < -0.3 is 15.5 Å². The van der Waals surface area contributed by atoms with Crippen LogP contribution in [0.3, 0.4) is 0 Å². The molecule has 0 spiro atoms. The first-order valence-electron chi connectivity index (χ1n) is 20.9. The number of aliphatic hydroxyl groups excluding tert-OH is 2. The molecule has 4 heteroatoms. The quantitative estimate of drug-likeness (QED) is 0.0460. The number of nitrogens with one attached hydrogen (secondary N) is 1. The first-order valence-corrected chi connectivity index (χ1v) is 20.9. The molecule has 0 rings (SSSR count). The molecular formula is C42H83NO3. The van der Waals surface area contributed by atoms with Gasteiger partial charge in [-0.25, -0.2) is 0 Å². The zero-order valence-electron chi connectivity index (χ0n) is 31.4. The Morgan fingerprint density at radius 2 is 0.804 bits per heavy atom. The van der Waals surface area contributed by atoms with Crippen molar-refractivity contribution < 1.29 is 15.0 Å². The van der Waals surface area contributed by atoms with Crippen LogP contribution in [0.2, 0.25) is 0 Å². The molecule has 0 aromatic rings. The molecule has 0 saturated carbocycles. The monoisotopic (exact) mass is 650 g/mol. The van der Waals surface area contributed by atoms with Crippen LogP contribution in [-0.4, -0.2) is 34.9 Å². The summed E-state index contributed by atoms with van der Waals surface area (Å²) in [5.41, 5.74) is 0. The number of hydrogen-bond acceptors (Lipinski definition) is 3. The third kappa shape index (κ3) is 34.5. The molecule has 0 bridgehead atoms. The average Bonchev–Trinajstić information content (AvgIpc) is 3.06. The van der Waals surface area contributed by atoms with Gasteiger partial charge in [0.1, 0.15) is 0 Å². The van der Waals surface area contributed by atoms with Gasteiger partial charge in [0.2, 0.25) is 5.91 Å². The Kier molecular flexibility index (Phi) is 37.8. The Labute approximate surface area is 288 Å². The number of unbranched alkanes of at least 4 members (excludes halogenated alkanes) is 31. The van der Waals surface area contributed by atoms with E-state index in [2.05, 4.69) is 19.2 Å². The molecule has 274 valence electrons. The molecule has 0 heterocycles. The number of amides is 1. The maximum atomic E-state index is 12.3. The van der Waals surface area contributed by atoms with Gasteiger partial charge >= 0.3 is 0 Å². The first-order chi connectivity index (χ1) is 22.7. The van der Waals surface area contributed by atoms with Crippen LogP contribution in [0.1, 0.15) is 232 Å². The molecule has 0 aliphatic rings. The van der Waals surface area contributed by atoms with Crippen molar-refractivity contribution in [2.24, 2.45) is 0 Å². The number of hydrogen-bond donors (Lipinski definition) is 3. The summed E-state index contributed by atoms with van der Waals surface area (Å²) < 4.78 is 0. The van der Waals surface area contributed by atoms with Crippen LogP contribution in [0.25, 0.3) is 0 Å². The summed E-state index contributed by atoms with van der Waals surface area (Å²) in [7, 11) is 0. The van der Waals surface area contributed by atoms with E-state index in [9.17, 15) is 15.0 Å². The van der Waals surface area contributed by atoms with Crippen LogP contribution in [0.5, 0.6) is 0 Å². The lowest BCUT2D eigenvalue weighted by Gasteiger charge is -2.20. The van der Waals surface area contributed by atoms with Gasteiger partial charge in [0, 0.05) is 6.42 Å². The lowest BCUT2D eigenvalue weighted by Crippen LogP contribution is -2.45. The molecule has 0 aliphatic heterocycles. The Bertz CT molecular complexity index is 622. The highest BCUT2D eigenvalue weighted by molar-refractivity contribution is 5.76. The van der Waals surface area contributed by atoms with Crippen molar-refractivity contribution in [2.45, 2.75) is 244 Å². The lowest BCUT2D eigenvalue weighted by atomic mass is 10.0. The smallest absolute Gasteiger partial charge is 0.220 e. The number of aliphatic hydroxyl groups is 2. The molecule has 2 atom stereocenters. The second-order valence-electron chi connectivity index (χ2n) is 14.4. The average molecular weight is 650 g/mol. The topological polar surface area (TPSA) is 69.6 Å². The summed E-state index contributed by atoms with van der Waals surface area (Å²) in [5, 5.41) is 23.0. The van der Waals surface area contributed by atoms with E-state index in [1.165, 1.54) is 186 Å². The van der Waals surface area contributed by atoms with Gasteiger partial charge in [-0.05, 0) is 19.3 Å². The van der Waals surface area contributed by atoms with Crippen molar-refractivity contribution in [1.29, 1.82) is 0 Å². The molecule has 0 aliphatic carbocycles. The normalized spacial score (nSPS) is 13.0. The molecule has 4 nitrogen and oxygen atoms in total. The molecule has 1 unspecified atom stereocenters. The van der Waals surface area contributed by atoms with Gasteiger partial charge in [-0.15, -0.1) is 0 Å². The molecular weight excluding hydrogens is 566 g/mol. The minimum absolute atomic E-state index is 0.0608. The molecule has 0 radical (unpaired) electrons. The summed E-state index contributed by atoms with van der Waals surface area (Å²) in [5.74, 6) is -0.0608. The van der Waals surface area contributed by atoms with Gasteiger partial charge in [-0.2, -0.15) is 0 Å². The van der Waals surface area contributed by atoms with Crippen LogP contribution >= 0.6 is 0 Å². The predicted molar refractivity (Wildman–Crippen MR) is 202 cm³/mol. The molecule has 0 aromatic carbocycles. The van der Waals surface area contributed by atoms with Gasteiger partial charge in [0.15, 0.2) is 0 Å². The zero-order valence-corrected chi connectivity index (χ0v) is 31.4. The third-order valence-electron chi connectivity index (χ3n) is 9.77. The van der Waals surface area contributed by atoms with E-state index >= 15 is 0 Å². The molecule has 46 heavy (non-hydrogen) atoms. The minimum atomic E-state index is -0.833. The van der Waals surface area contributed by atoms with Crippen LogP contribution in [0.15, 0.2) is 12.2 Å². The summed E-state index contributed by atoms with van der Waals surface area (Å²) in [4.78, 5) is 12.3. The maximum Gasteiger partial charge on any atom is 0.220 e. The van der Waals surface area contributed by atoms with Crippen molar-refractivity contribution in [3.8, 4) is 0 Å². The Hall–Kier alpha value is -0.870. The number of rotatable bonds is 38. The Morgan fingerprint density at radius 3 is 1.13 bits per heavy atom. The van der Waals surface area contributed by atoms with Gasteiger partial charge in [-0.1, -0.05) is 219 Å². The standard InChI is InChI=1S/C42H83NO3/c1-3-5-7-9-11-13-15-17-19-20-21-22-24-25-27-29-31-33-35-37-41(45)40(39-44)43-42(46)38-36-34-32-30-28-26-23-18-16-14-12-10-8-6-4-2/h35,37,40-41,44-45H,3-34,36,38-39H2,1-2H3,(H,43,46)/b37-35+/t40?,41-/m0/s1. The number of carbonyl (C=O) groups is 1. The van der Waals surface area contributed by atoms with E-state index in [1.54, 1.807) is 6.08 Å². The highest BCUT2D eigenvalue weighted by atomic mass is 16.3. The van der Waals surface area contributed by atoms with Crippen LogP contribution in [0.4, 0.5) is 0 Å². The van der Waals surface area contributed by atoms with Gasteiger partial charge in [0.05, 0.1) is 18.8 Å². The van der Waals surface area contributed by atoms with E-state index in [-0.39, 0.29) is 12.5 Å². The lowest BCUT2D eigenvalue weighted by molar-refractivity contribution is -0.123.